The van der Waals surface area contributed by atoms with Gasteiger partial charge in [0.25, 0.3) is 0 Å². The lowest BCUT2D eigenvalue weighted by molar-refractivity contribution is -0.144. The van der Waals surface area contributed by atoms with Gasteiger partial charge < -0.3 is 19.3 Å². The number of rotatable bonds is 8. The van der Waals surface area contributed by atoms with E-state index < -0.39 is 18.0 Å². The second-order valence-electron chi connectivity index (χ2n) is 6.72. The predicted molar refractivity (Wildman–Crippen MR) is 98.5 cm³/mol. The maximum absolute atomic E-state index is 12.5. The van der Waals surface area contributed by atoms with Crippen LogP contribution in [0.5, 0.6) is 0 Å². The highest BCUT2D eigenvalue weighted by Crippen LogP contribution is 2.25. The maximum Gasteiger partial charge on any atom is 0.331 e. The van der Waals surface area contributed by atoms with E-state index in [0.29, 0.717) is 19.5 Å². The van der Waals surface area contributed by atoms with Crippen LogP contribution in [-0.2, 0) is 28.7 Å². The molecular formula is C19H30N2O6. The van der Waals surface area contributed by atoms with E-state index in [1.165, 1.54) is 7.11 Å². The van der Waals surface area contributed by atoms with Gasteiger partial charge >= 0.3 is 11.9 Å². The highest BCUT2D eigenvalue weighted by molar-refractivity contribution is 5.91. The van der Waals surface area contributed by atoms with Gasteiger partial charge in [-0.3, -0.25) is 9.59 Å². The van der Waals surface area contributed by atoms with Crippen LogP contribution < -0.4 is 0 Å². The summed E-state index contributed by atoms with van der Waals surface area (Å²) >= 11 is 0. The fourth-order valence-corrected chi connectivity index (χ4v) is 3.07. The number of esters is 2. The average molecular weight is 382 g/mol. The Morgan fingerprint density at radius 2 is 1.70 bits per heavy atom. The Morgan fingerprint density at radius 1 is 1.11 bits per heavy atom. The summed E-state index contributed by atoms with van der Waals surface area (Å²) in [6, 6.07) is -0.310. The molecule has 0 unspecified atom stereocenters. The highest BCUT2D eigenvalue weighted by atomic mass is 16.5. The van der Waals surface area contributed by atoms with Crippen molar-refractivity contribution in [2.45, 2.75) is 52.7 Å². The molecule has 152 valence electrons. The van der Waals surface area contributed by atoms with Crippen LogP contribution in [0.25, 0.3) is 0 Å². The molecule has 27 heavy (non-hydrogen) atoms. The van der Waals surface area contributed by atoms with Crippen LogP contribution >= 0.6 is 0 Å². The van der Waals surface area contributed by atoms with Crippen LogP contribution in [0, 0.1) is 5.92 Å². The van der Waals surface area contributed by atoms with E-state index in [0.717, 1.165) is 12.2 Å². The van der Waals surface area contributed by atoms with E-state index in [9.17, 15) is 19.2 Å². The summed E-state index contributed by atoms with van der Waals surface area (Å²) in [5.74, 6) is -1.65. The summed E-state index contributed by atoms with van der Waals surface area (Å²) in [4.78, 5) is 51.2. The topological polar surface area (TPSA) is 93.2 Å². The van der Waals surface area contributed by atoms with Crippen molar-refractivity contribution in [1.29, 1.82) is 0 Å². The van der Waals surface area contributed by atoms with Crippen LogP contribution in [0.15, 0.2) is 12.2 Å². The lowest BCUT2D eigenvalue weighted by Gasteiger charge is -2.27. The number of amides is 2. The van der Waals surface area contributed by atoms with Crippen molar-refractivity contribution in [2.24, 2.45) is 5.92 Å². The van der Waals surface area contributed by atoms with Gasteiger partial charge in [-0.1, -0.05) is 13.8 Å². The third-order valence-electron chi connectivity index (χ3n) is 4.52. The third kappa shape index (κ3) is 6.69. The van der Waals surface area contributed by atoms with Crippen molar-refractivity contribution < 1.29 is 28.7 Å². The van der Waals surface area contributed by atoms with E-state index in [1.807, 2.05) is 13.8 Å². The minimum atomic E-state index is -0.682. The maximum atomic E-state index is 12.5. The number of likely N-dealkylation sites (tertiary alicyclic amines) is 1. The second-order valence-corrected chi connectivity index (χ2v) is 6.72. The smallest absolute Gasteiger partial charge is 0.331 e. The molecule has 0 spiro atoms. The molecular weight excluding hydrogens is 352 g/mol. The van der Waals surface area contributed by atoms with Crippen molar-refractivity contribution in [3.05, 3.63) is 12.2 Å². The van der Waals surface area contributed by atoms with Gasteiger partial charge in [-0.15, -0.1) is 0 Å². The minimum Gasteiger partial charge on any atom is -0.466 e. The molecule has 1 saturated heterocycles. The lowest BCUT2D eigenvalue weighted by atomic mass is 10.1. The van der Waals surface area contributed by atoms with Crippen LogP contribution in [0.4, 0.5) is 0 Å². The Morgan fingerprint density at radius 3 is 2.22 bits per heavy atom. The minimum absolute atomic E-state index is 0.0240. The third-order valence-corrected chi connectivity index (χ3v) is 4.52. The normalized spacial score (nSPS) is 19.4. The SMILES string of the molecule is CCN(CC)C(=O)C[C@@H]1C[C@@H](OC(=O)/C=C/C(=O)OC)CN1C(=O)C(C)C. The molecule has 0 saturated carbocycles. The molecule has 2 atom stereocenters. The van der Waals surface area contributed by atoms with Gasteiger partial charge in [0.15, 0.2) is 0 Å². The molecule has 1 heterocycles. The van der Waals surface area contributed by atoms with E-state index in [2.05, 4.69) is 4.74 Å². The van der Waals surface area contributed by atoms with Gasteiger partial charge in [-0.05, 0) is 13.8 Å². The molecule has 1 fully saturated rings. The van der Waals surface area contributed by atoms with Crippen LogP contribution in [-0.4, -0.2) is 72.4 Å². The molecule has 0 bridgehead atoms. The molecule has 0 aromatic heterocycles. The van der Waals surface area contributed by atoms with Gasteiger partial charge in [0.2, 0.25) is 11.8 Å². The van der Waals surface area contributed by atoms with Crippen molar-refractivity contribution in [3.63, 3.8) is 0 Å². The van der Waals surface area contributed by atoms with E-state index >= 15 is 0 Å². The fourth-order valence-electron chi connectivity index (χ4n) is 3.07. The summed E-state index contributed by atoms with van der Waals surface area (Å²) in [7, 11) is 1.21. The fraction of sp³-hybridized carbons (Fsp3) is 0.684. The molecule has 0 N–H and O–H groups in total. The Balaban J connectivity index is 2.81. The number of hydrogen-bond donors (Lipinski definition) is 0. The molecule has 1 aliphatic rings. The molecule has 1 aliphatic heterocycles. The standard InChI is InChI=1S/C19H30N2O6/c1-6-20(7-2)16(22)11-14-10-15(12-21(14)19(25)13(3)4)27-18(24)9-8-17(23)26-5/h8-9,13-15H,6-7,10-12H2,1-5H3/b9-8+/t14-,15+/m0/s1. The summed E-state index contributed by atoms with van der Waals surface area (Å²) in [6.45, 7) is 8.86. The van der Waals surface area contributed by atoms with Gasteiger partial charge in [0, 0.05) is 50.0 Å². The molecule has 8 nitrogen and oxygen atoms in total. The average Bonchev–Trinajstić information content (AvgIpc) is 3.01. The zero-order valence-corrected chi connectivity index (χ0v) is 16.8. The Labute approximate surface area is 160 Å². The zero-order valence-electron chi connectivity index (χ0n) is 16.8. The molecule has 0 radical (unpaired) electrons. The molecule has 8 heteroatoms. The van der Waals surface area contributed by atoms with E-state index in [4.69, 9.17) is 4.74 Å². The van der Waals surface area contributed by atoms with E-state index in [-0.39, 0.29) is 36.7 Å². The zero-order chi connectivity index (χ0) is 20.6. The van der Waals surface area contributed by atoms with Crippen molar-refractivity contribution in [2.75, 3.05) is 26.7 Å². The Bertz CT molecular complexity index is 583. The summed E-state index contributed by atoms with van der Waals surface area (Å²) in [6.07, 6.45) is 2.05. The number of carbonyl (C=O) groups is 4. The monoisotopic (exact) mass is 382 g/mol. The van der Waals surface area contributed by atoms with E-state index in [1.54, 1.807) is 23.6 Å². The number of ether oxygens (including phenoxy) is 2. The van der Waals surface area contributed by atoms with Gasteiger partial charge in [0.1, 0.15) is 6.10 Å². The Hall–Kier alpha value is -2.38. The number of methoxy groups -OCH3 is 1. The first kappa shape index (κ1) is 22.7. The van der Waals surface area contributed by atoms with Gasteiger partial charge in [0.05, 0.1) is 13.7 Å². The second kappa shape index (κ2) is 10.7. The first-order chi connectivity index (χ1) is 12.7. The molecule has 1 rings (SSSR count). The molecule has 0 aliphatic carbocycles. The quantitative estimate of drug-likeness (QED) is 0.462. The predicted octanol–water partition coefficient (Wildman–Crippen LogP) is 1.14. The molecule has 2 amide bonds. The highest BCUT2D eigenvalue weighted by Gasteiger charge is 2.39. The number of hydrogen-bond acceptors (Lipinski definition) is 6. The van der Waals surface area contributed by atoms with Crippen LogP contribution in [0.1, 0.15) is 40.5 Å². The summed E-state index contributed by atoms with van der Waals surface area (Å²) < 4.78 is 9.76. The van der Waals surface area contributed by atoms with Crippen molar-refractivity contribution >= 4 is 23.8 Å². The van der Waals surface area contributed by atoms with Crippen molar-refractivity contribution in [1.82, 2.24) is 9.80 Å². The summed E-state index contributed by atoms with van der Waals surface area (Å²) in [5.41, 5.74) is 0. The number of carbonyl (C=O) groups excluding carboxylic acids is 4. The van der Waals surface area contributed by atoms with Crippen LogP contribution in [0.3, 0.4) is 0 Å². The largest absolute Gasteiger partial charge is 0.466 e. The molecule has 0 aromatic carbocycles. The van der Waals surface area contributed by atoms with Gasteiger partial charge in [-0.2, -0.15) is 0 Å². The Kier molecular flexibility index (Phi) is 8.97. The first-order valence-electron chi connectivity index (χ1n) is 9.28. The molecule has 0 aromatic rings. The van der Waals surface area contributed by atoms with Crippen LogP contribution in [0.2, 0.25) is 0 Å². The van der Waals surface area contributed by atoms with Gasteiger partial charge in [-0.25, -0.2) is 9.59 Å². The lowest BCUT2D eigenvalue weighted by Crippen LogP contribution is -2.42. The first-order valence-corrected chi connectivity index (χ1v) is 9.28. The van der Waals surface area contributed by atoms with Crippen molar-refractivity contribution in [3.8, 4) is 0 Å². The summed E-state index contributed by atoms with van der Waals surface area (Å²) in [5, 5.41) is 0. The number of nitrogens with zero attached hydrogens (tertiary/aromatic N) is 2.